The molecule has 3 unspecified atom stereocenters. The van der Waals surface area contributed by atoms with Gasteiger partial charge in [0.15, 0.2) is 11.4 Å². The van der Waals surface area contributed by atoms with Crippen molar-refractivity contribution < 1.29 is 91.7 Å². The Morgan fingerprint density at radius 1 is 0.789 bits per heavy atom. The zero-order valence-corrected chi connectivity index (χ0v) is 52.5. The minimum Gasteiger partial charge on any atom is -0.455 e. The standard InChI is InChI=1S/C66H83N5O19/c1-35(2)28-42(70-58(80)43(29-39-22-16-13-17-23-39)69-47(74)32-67-56(78)36(3)4)57(79)68-33-48(75)87-52(50(40-24-18-14-19-25-40)71-61(83)90-62(7,8)9)60(82)86-44-31-66(84)55(88-59(81)41-26-20-15-21-27-41)53-64(12,54(77)51(76)49(37(44)5)63(66,10)11)45(73)30-46-65(53,34-85-46)89-38(6)72/h13-27,35,42-46,50-53,55,73,76,84H,3,28-34H2,1-2,4-12H3,(H,67,78)(H,68,79)(H,69,74)(H,70,80)(H,71,83)/t42?,43?,44-,45-,46?,50-,51+,52+,53-,55-,64+,65-,66+/m0/s1. The summed E-state index contributed by atoms with van der Waals surface area (Å²) in [7, 11) is 0. The molecule has 486 valence electrons. The van der Waals surface area contributed by atoms with Gasteiger partial charge in [-0.25, -0.2) is 14.4 Å². The van der Waals surface area contributed by atoms with E-state index < -0.39 is 167 Å². The molecule has 0 aromatic heterocycles. The summed E-state index contributed by atoms with van der Waals surface area (Å²) >= 11 is 0. The van der Waals surface area contributed by atoms with Crippen molar-refractivity contribution in [2.75, 3.05) is 19.7 Å². The van der Waals surface area contributed by atoms with Crippen molar-refractivity contribution in [3.63, 3.8) is 0 Å². The van der Waals surface area contributed by atoms with Crippen LogP contribution in [0.2, 0.25) is 0 Å². The van der Waals surface area contributed by atoms with E-state index in [0.29, 0.717) is 5.56 Å². The van der Waals surface area contributed by atoms with Gasteiger partial charge >= 0.3 is 30.0 Å². The van der Waals surface area contributed by atoms with Crippen LogP contribution in [0.5, 0.6) is 0 Å². The average Bonchev–Trinajstić information content (AvgIpc) is 0.674. The van der Waals surface area contributed by atoms with E-state index in [0.717, 1.165) is 6.92 Å². The Morgan fingerprint density at radius 3 is 1.97 bits per heavy atom. The second-order valence-electron chi connectivity index (χ2n) is 25.7. The maximum atomic E-state index is 15.5. The number of amides is 5. The molecular formula is C66H83N5O19. The Bertz CT molecular complexity index is 3260. The van der Waals surface area contributed by atoms with Crippen LogP contribution >= 0.6 is 0 Å². The number of nitrogens with one attached hydrogen (secondary N) is 5. The van der Waals surface area contributed by atoms with Gasteiger partial charge in [-0.2, -0.15) is 0 Å². The lowest BCUT2D eigenvalue weighted by Crippen LogP contribution is -2.81. The SMILES string of the molecule is C=C(C)C(=O)NCC(=O)NC(Cc1ccccc1)C(=O)NC(CC(C)C)C(=O)NCC(=O)O[C@@H](C(=O)O[C@H]1C[C@@]2(O)[C@@H](OC(=O)c3ccccc3)[C@H]3[C@](C)(C(=O)[C@H](O)C(=C1C)C2(C)C)[C@@H](O)CC1OC[C@]13OC(C)=O)[C@@H](NC(=O)OC(C)(C)C)c1ccccc1. The Morgan fingerprint density at radius 2 is 1.40 bits per heavy atom. The molecule has 3 aromatic carbocycles. The molecule has 1 saturated heterocycles. The maximum absolute atomic E-state index is 15.5. The molecule has 24 heteroatoms. The summed E-state index contributed by atoms with van der Waals surface area (Å²) < 4.78 is 36.3. The van der Waals surface area contributed by atoms with Crippen molar-refractivity contribution in [2.24, 2.45) is 22.7 Å². The fraction of sp³-hybridized carbons (Fsp3) is 0.515. The molecule has 5 amide bonds. The summed E-state index contributed by atoms with van der Waals surface area (Å²) in [6, 6.07) is 19.9. The van der Waals surface area contributed by atoms with E-state index >= 15 is 9.59 Å². The van der Waals surface area contributed by atoms with Crippen molar-refractivity contribution in [1.82, 2.24) is 26.6 Å². The molecule has 0 radical (unpaired) electrons. The minimum absolute atomic E-state index is 0.00141. The lowest BCUT2D eigenvalue weighted by atomic mass is 9.44. The molecule has 0 spiro atoms. The molecule has 8 N–H and O–H groups in total. The van der Waals surface area contributed by atoms with Crippen LogP contribution in [0, 0.1) is 22.7 Å². The van der Waals surface area contributed by atoms with Crippen LogP contribution in [-0.2, 0) is 73.2 Å². The van der Waals surface area contributed by atoms with Gasteiger partial charge in [0.1, 0.15) is 60.3 Å². The summed E-state index contributed by atoms with van der Waals surface area (Å²) in [5.74, 6) is -10.4. The van der Waals surface area contributed by atoms with Crippen molar-refractivity contribution in [2.45, 2.75) is 173 Å². The average molecular weight is 1250 g/mol. The predicted molar refractivity (Wildman–Crippen MR) is 322 cm³/mol. The van der Waals surface area contributed by atoms with E-state index in [1.54, 1.807) is 101 Å². The molecule has 1 heterocycles. The Kier molecular flexibility index (Phi) is 21.4. The van der Waals surface area contributed by atoms with E-state index in [-0.39, 0.29) is 59.6 Å². The quantitative estimate of drug-likeness (QED) is 0.0306. The van der Waals surface area contributed by atoms with E-state index in [4.69, 9.17) is 28.4 Å². The van der Waals surface area contributed by atoms with E-state index in [1.807, 2.05) is 0 Å². The Labute approximate surface area is 522 Å². The maximum Gasteiger partial charge on any atom is 0.408 e. The smallest absolute Gasteiger partial charge is 0.408 e. The number of benzene rings is 3. The number of fused-ring (bicyclic) bond motifs is 5. The van der Waals surface area contributed by atoms with Crippen molar-refractivity contribution >= 4 is 59.4 Å². The van der Waals surface area contributed by atoms with Crippen LogP contribution in [0.15, 0.2) is 114 Å². The van der Waals surface area contributed by atoms with Gasteiger partial charge in [0.25, 0.3) is 0 Å². The second kappa shape index (κ2) is 27.8. The van der Waals surface area contributed by atoms with Crippen LogP contribution < -0.4 is 26.6 Å². The first-order chi connectivity index (χ1) is 42.1. The first kappa shape index (κ1) is 69.2. The molecule has 24 nitrogen and oxygen atoms in total. The van der Waals surface area contributed by atoms with Crippen LogP contribution in [0.4, 0.5) is 4.79 Å². The van der Waals surface area contributed by atoms with Crippen LogP contribution in [0.25, 0.3) is 0 Å². The molecule has 13 atom stereocenters. The topological polar surface area (TPSA) is 347 Å². The highest BCUT2D eigenvalue weighted by Gasteiger charge is 2.78. The number of carbonyl (C=O) groups is 10. The fourth-order valence-electron chi connectivity index (χ4n) is 12.7. The van der Waals surface area contributed by atoms with Gasteiger partial charge in [-0.3, -0.25) is 33.6 Å². The molecule has 2 bridgehead atoms. The van der Waals surface area contributed by atoms with Crippen LogP contribution in [-0.4, -0.2) is 160 Å². The van der Waals surface area contributed by atoms with Crippen molar-refractivity contribution in [1.29, 1.82) is 0 Å². The molecule has 2 saturated carbocycles. The molecule has 7 rings (SSSR count). The molecule has 3 fully saturated rings. The lowest BCUT2D eigenvalue weighted by Gasteiger charge is -2.67. The Hall–Kier alpha value is -8.32. The van der Waals surface area contributed by atoms with E-state index in [9.17, 15) is 53.7 Å². The zero-order valence-electron chi connectivity index (χ0n) is 52.5. The third kappa shape index (κ3) is 14.9. The van der Waals surface area contributed by atoms with Crippen LogP contribution in [0.3, 0.4) is 0 Å². The number of ether oxygens (including phenoxy) is 6. The predicted octanol–water partition coefficient (Wildman–Crippen LogP) is 3.88. The number of esters is 4. The lowest BCUT2D eigenvalue weighted by molar-refractivity contribution is -0.346. The van der Waals surface area contributed by atoms with E-state index in [2.05, 4.69) is 33.2 Å². The largest absolute Gasteiger partial charge is 0.455 e. The summed E-state index contributed by atoms with van der Waals surface area (Å²) in [6.45, 7) is 18.3. The highest BCUT2D eigenvalue weighted by molar-refractivity contribution is 5.97. The Balaban J connectivity index is 1.25. The monoisotopic (exact) mass is 1250 g/mol. The van der Waals surface area contributed by atoms with E-state index in [1.165, 1.54) is 58.9 Å². The van der Waals surface area contributed by atoms with Crippen LogP contribution in [0.1, 0.15) is 123 Å². The summed E-state index contributed by atoms with van der Waals surface area (Å²) in [5.41, 5.74) is -8.66. The highest BCUT2D eigenvalue weighted by Crippen LogP contribution is 2.64. The van der Waals surface area contributed by atoms with Gasteiger partial charge in [0.2, 0.25) is 29.7 Å². The first-order valence-electron chi connectivity index (χ1n) is 29.9. The number of alkyl carbamates (subject to hydrolysis) is 1. The van der Waals surface area contributed by atoms with Gasteiger partial charge < -0.3 is 70.3 Å². The van der Waals surface area contributed by atoms with Crippen molar-refractivity contribution in [3.8, 4) is 0 Å². The van der Waals surface area contributed by atoms with Gasteiger partial charge in [-0.15, -0.1) is 0 Å². The highest BCUT2D eigenvalue weighted by atomic mass is 16.6. The number of aliphatic hydroxyl groups excluding tert-OH is 2. The first-order valence-corrected chi connectivity index (χ1v) is 29.9. The number of rotatable bonds is 22. The number of ketones is 1. The molecular weight excluding hydrogens is 1170 g/mol. The van der Waals surface area contributed by atoms with Gasteiger partial charge in [-0.05, 0) is 88.3 Å². The fourth-order valence-corrected chi connectivity index (χ4v) is 12.7. The molecule has 3 aromatic rings. The molecule has 1 aliphatic heterocycles. The zero-order chi connectivity index (χ0) is 66.4. The summed E-state index contributed by atoms with van der Waals surface area (Å²) in [5, 5.41) is 51.4. The summed E-state index contributed by atoms with van der Waals surface area (Å²) in [6.07, 6.45) is -12.8. The van der Waals surface area contributed by atoms with Gasteiger partial charge in [0.05, 0.1) is 36.2 Å². The number of carbonyl (C=O) groups excluding carboxylic acids is 10. The normalized spacial score (nSPS) is 26.2. The minimum atomic E-state index is -2.55. The molecule has 3 aliphatic carbocycles. The van der Waals surface area contributed by atoms with Crippen molar-refractivity contribution in [3.05, 3.63) is 131 Å². The van der Waals surface area contributed by atoms with Gasteiger partial charge in [-0.1, -0.05) is 113 Å². The van der Waals surface area contributed by atoms with Gasteiger partial charge in [0, 0.05) is 37.2 Å². The number of aliphatic hydroxyl groups is 3. The summed E-state index contributed by atoms with van der Waals surface area (Å²) in [4.78, 5) is 140. The number of Topliss-reactive ketones (excluding diaryl/α,β-unsaturated/α-hetero) is 1. The number of hydrogen-bond donors (Lipinski definition) is 8. The molecule has 4 aliphatic rings. The third-order valence-corrected chi connectivity index (χ3v) is 17.3. The molecule has 90 heavy (non-hydrogen) atoms. The second-order valence-corrected chi connectivity index (χ2v) is 25.7. The number of hydrogen-bond acceptors (Lipinski definition) is 19. The third-order valence-electron chi connectivity index (χ3n) is 17.3.